The lowest BCUT2D eigenvalue weighted by Gasteiger charge is -2.14. The predicted molar refractivity (Wildman–Crippen MR) is 94.4 cm³/mol. The van der Waals surface area contributed by atoms with Gasteiger partial charge in [-0.25, -0.2) is 13.4 Å². The van der Waals surface area contributed by atoms with E-state index in [9.17, 15) is 21.6 Å². The number of para-hydroxylation sites is 1. The molecule has 0 bridgehead atoms. The fourth-order valence-electron chi connectivity index (χ4n) is 2.53. The van der Waals surface area contributed by atoms with Crippen LogP contribution in [0.1, 0.15) is 6.42 Å². The second-order valence-electron chi connectivity index (χ2n) is 5.93. The monoisotopic (exact) mass is 415 g/mol. The standard InChI is InChI=1S/C17H16F3N3O4S/c18-17(19,20)28(24,25)16-6-5-11(9-22-16)14-3-1-2-4-15(14)26-10-13-7-12(8-21)23-27-13/h1-6,9,13H,7-8,10,21H2. The molecule has 1 aliphatic heterocycles. The summed E-state index contributed by atoms with van der Waals surface area (Å²) in [7, 11) is -5.50. The summed E-state index contributed by atoms with van der Waals surface area (Å²) in [5.41, 5.74) is 1.77. The molecule has 0 radical (unpaired) electrons. The molecule has 0 saturated heterocycles. The van der Waals surface area contributed by atoms with Crippen LogP contribution in [0, 0.1) is 0 Å². The van der Waals surface area contributed by atoms with Gasteiger partial charge in [-0.05, 0) is 18.2 Å². The van der Waals surface area contributed by atoms with E-state index < -0.39 is 20.4 Å². The largest absolute Gasteiger partial charge is 0.503 e. The van der Waals surface area contributed by atoms with Crippen molar-refractivity contribution in [1.82, 2.24) is 4.98 Å². The second kappa shape index (κ2) is 7.76. The average molecular weight is 415 g/mol. The molecule has 7 nitrogen and oxygen atoms in total. The minimum absolute atomic E-state index is 0.192. The van der Waals surface area contributed by atoms with Crippen molar-refractivity contribution in [1.29, 1.82) is 0 Å². The van der Waals surface area contributed by atoms with Gasteiger partial charge >= 0.3 is 5.51 Å². The van der Waals surface area contributed by atoms with Gasteiger partial charge in [0.25, 0.3) is 9.84 Å². The molecule has 1 unspecified atom stereocenters. The number of benzene rings is 1. The van der Waals surface area contributed by atoms with Crippen LogP contribution < -0.4 is 10.5 Å². The number of aromatic nitrogens is 1. The summed E-state index contributed by atoms with van der Waals surface area (Å²) in [5.74, 6) is 0.445. The number of halogens is 3. The van der Waals surface area contributed by atoms with Gasteiger partial charge in [0.15, 0.2) is 11.1 Å². The smallest absolute Gasteiger partial charge is 0.489 e. The molecular weight excluding hydrogens is 399 g/mol. The van der Waals surface area contributed by atoms with Crippen LogP contribution in [0.2, 0.25) is 0 Å². The van der Waals surface area contributed by atoms with E-state index >= 15 is 0 Å². The van der Waals surface area contributed by atoms with E-state index in [1.807, 2.05) is 0 Å². The van der Waals surface area contributed by atoms with Crippen LogP contribution in [-0.4, -0.2) is 43.9 Å². The summed E-state index contributed by atoms with van der Waals surface area (Å²) in [4.78, 5) is 8.68. The number of rotatable bonds is 6. The Hall–Kier alpha value is -2.66. The van der Waals surface area contributed by atoms with Gasteiger partial charge in [0.2, 0.25) is 0 Å². The van der Waals surface area contributed by atoms with Crippen LogP contribution in [0.4, 0.5) is 13.2 Å². The number of hydrogen-bond acceptors (Lipinski definition) is 7. The Balaban J connectivity index is 1.78. The van der Waals surface area contributed by atoms with Crippen molar-refractivity contribution in [2.45, 2.75) is 23.1 Å². The van der Waals surface area contributed by atoms with Crippen LogP contribution >= 0.6 is 0 Å². The Kier molecular flexibility index (Phi) is 5.57. The minimum atomic E-state index is -5.50. The average Bonchev–Trinajstić information content (AvgIpc) is 3.14. The fourth-order valence-corrected chi connectivity index (χ4v) is 3.20. The summed E-state index contributed by atoms with van der Waals surface area (Å²) in [6.07, 6.45) is 1.32. The number of nitrogens with zero attached hydrogens (tertiary/aromatic N) is 2. The summed E-state index contributed by atoms with van der Waals surface area (Å²) in [5, 5.41) is 2.77. The number of sulfone groups is 1. The summed E-state index contributed by atoms with van der Waals surface area (Å²) >= 11 is 0. The first-order chi connectivity index (χ1) is 13.2. The van der Waals surface area contributed by atoms with E-state index in [0.717, 1.165) is 18.0 Å². The Morgan fingerprint density at radius 3 is 2.57 bits per heavy atom. The van der Waals surface area contributed by atoms with Crippen molar-refractivity contribution >= 4 is 15.5 Å². The summed E-state index contributed by atoms with van der Waals surface area (Å²) < 4.78 is 66.5. The first-order valence-corrected chi connectivity index (χ1v) is 9.62. The molecule has 1 aliphatic rings. The van der Waals surface area contributed by atoms with Gasteiger partial charge in [0.05, 0.1) is 5.71 Å². The Labute approximate surface area is 158 Å². The molecule has 150 valence electrons. The third-order valence-corrected chi connectivity index (χ3v) is 5.37. The zero-order valence-electron chi connectivity index (χ0n) is 14.4. The molecule has 2 heterocycles. The molecule has 28 heavy (non-hydrogen) atoms. The molecule has 0 amide bonds. The van der Waals surface area contributed by atoms with Gasteiger partial charge in [-0.2, -0.15) is 13.2 Å². The first-order valence-electron chi connectivity index (χ1n) is 8.13. The molecule has 1 atom stereocenters. The Morgan fingerprint density at radius 2 is 1.96 bits per heavy atom. The molecule has 2 N–H and O–H groups in total. The highest BCUT2D eigenvalue weighted by Gasteiger charge is 2.47. The van der Waals surface area contributed by atoms with Gasteiger partial charge in [0.1, 0.15) is 12.4 Å². The number of alkyl halides is 3. The molecular formula is C17H16F3N3O4S. The second-order valence-corrected chi connectivity index (χ2v) is 7.82. The van der Waals surface area contributed by atoms with E-state index in [0.29, 0.717) is 29.8 Å². The maximum Gasteiger partial charge on any atom is 0.503 e. The molecule has 3 rings (SSSR count). The van der Waals surface area contributed by atoms with Crippen molar-refractivity contribution in [2.24, 2.45) is 10.9 Å². The van der Waals surface area contributed by atoms with E-state index in [-0.39, 0.29) is 12.7 Å². The number of nitrogens with two attached hydrogens (primary N) is 1. The molecule has 0 fully saturated rings. The van der Waals surface area contributed by atoms with Gasteiger partial charge in [0, 0.05) is 30.3 Å². The molecule has 11 heteroatoms. The van der Waals surface area contributed by atoms with E-state index in [1.165, 1.54) is 6.07 Å². The molecule has 1 aromatic heterocycles. The van der Waals surface area contributed by atoms with E-state index in [4.69, 9.17) is 15.3 Å². The lowest BCUT2D eigenvalue weighted by molar-refractivity contribution is -0.0438. The fraction of sp³-hybridized carbons (Fsp3) is 0.294. The topological polar surface area (TPSA) is 104 Å². The van der Waals surface area contributed by atoms with E-state index in [2.05, 4.69) is 10.1 Å². The van der Waals surface area contributed by atoms with Gasteiger partial charge < -0.3 is 15.3 Å². The Bertz CT molecular complexity index is 976. The quantitative estimate of drug-likeness (QED) is 0.778. The van der Waals surface area contributed by atoms with Crippen LogP contribution in [0.5, 0.6) is 5.75 Å². The minimum Gasteiger partial charge on any atom is -0.489 e. The van der Waals surface area contributed by atoms with Crippen LogP contribution in [0.15, 0.2) is 52.8 Å². The SMILES string of the molecule is NCC1=NOC(COc2ccccc2-c2ccc(S(=O)(=O)C(F)(F)F)nc2)C1. The summed E-state index contributed by atoms with van der Waals surface area (Å²) in [6.45, 7) is 0.490. The molecule has 0 aliphatic carbocycles. The highest BCUT2D eigenvalue weighted by Crippen LogP contribution is 2.33. The van der Waals surface area contributed by atoms with Gasteiger partial charge in [-0.3, -0.25) is 0 Å². The van der Waals surface area contributed by atoms with Gasteiger partial charge in [-0.1, -0.05) is 23.4 Å². The lowest BCUT2D eigenvalue weighted by atomic mass is 10.1. The normalized spacial score (nSPS) is 17.1. The van der Waals surface area contributed by atoms with Gasteiger partial charge in [-0.15, -0.1) is 0 Å². The highest BCUT2D eigenvalue weighted by molar-refractivity contribution is 7.92. The van der Waals surface area contributed by atoms with Crippen molar-refractivity contribution in [2.75, 3.05) is 13.2 Å². The third-order valence-electron chi connectivity index (χ3n) is 3.97. The molecule has 1 aromatic carbocycles. The number of oxime groups is 1. The maximum absolute atomic E-state index is 12.6. The Morgan fingerprint density at radius 1 is 1.21 bits per heavy atom. The highest BCUT2D eigenvalue weighted by atomic mass is 32.2. The number of pyridine rings is 1. The molecule has 0 saturated carbocycles. The first kappa shape index (κ1) is 20.1. The lowest BCUT2D eigenvalue weighted by Crippen LogP contribution is -2.24. The molecule has 0 spiro atoms. The van der Waals surface area contributed by atoms with Crippen molar-refractivity contribution in [3.05, 3.63) is 42.6 Å². The van der Waals surface area contributed by atoms with Crippen molar-refractivity contribution in [3.8, 4) is 16.9 Å². The zero-order valence-corrected chi connectivity index (χ0v) is 15.2. The van der Waals surface area contributed by atoms with Crippen LogP contribution in [-0.2, 0) is 14.7 Å². The third kappa shape index (κ3) is 4.09. The maximum atomic E-state index is 12.6. The van der Waals surface area contributed by atoms with Crippen LogP contribution in [0.3, 0.4) is 0 Å². The van der Waals surface area contributed by atoms with Crippen molar-refractivity contribution in [3.63, 3.8) is 0 Å². The predicted octanol–water partition coefficient (Wildman–Crippen LogP) is 2.52. The zero-order chi connectivity index (χ0) is 20.4. The van der Waals surface area contributed by atoms with Crippen LogP contribution in [0.25, 0.3) is 11.1 Å². The summed E-state index contributed by atoms with van der Waals surface area (Å²) in [6, 6.07) is 8.86. The van der Waals surface area contributed by atoms with Crippen molar-refractivity contribution < 1.29 is 31.2 Å². The molecule has 2 aromatic rings. The number of hydrogen-bond donors (Lipinski definition) is 1. The number of ether oxygens (including phenoxy) is 1. The van der Waals surface area contributed by atoms with E-state index in [1.54, 1.807) is 24.3 Å².